The number of aliphatic hydroxyl groups excluding tert-OH is 1. The number of unbranched alkanes of at least 4 members (excludes halogenated alkanes) is 1. The molecule has 92 valence electrons. The monoisotopic (exact) mass is 238 g/mol. The zero-order chi connectivity index (χ0) is 11.5. The van der Waals surface area contributed by atoms with E-state index >= 15 is 0 Å². The Morgan fingerprint density at radius 1 is 1.13 bits per heavy atom. The zero-order valence-electron chi connectivity index (χ0n) is 9.69. The molecule has 0 spiro atoms. The third-order valence-electron chi connectivity index (χ3n) is 2.01. The van der Waals surface area contributed by atoms with Crippen LogP contribution in [0.2, 0.25) is 0 Å². The first-order valence-corrected chi connectivity index (χ1v) is 6.76. The van der Waals surface area contributed by atoms with Gasteiger partial charge in [-0.1, -0.05) is 19.8 Å². The molecule has 4 nitrogen and oxygen atoms in total. The van der Waals surface area contributed by atoms with E-state index in [-0.39, 0.29) is 6.10 Å². The Labute approximate surface area is 93.6 Å². The Bertz CT molecular complexity index is 135. The van der Waals surface area contributed by atoms with E-state index in [0.717, 1.165) is 32.1 Å². The molecule has 2 unspecified atom stereocenters. The maximum Gasteiger partial charge on any atom is 0.329 e. The van der Waals surface area contributed by atoms with E-state index in [0.29, 0.717) is 13.2 Å². The molecule has 15 heavy (non-hydrogen) atoms. The fourth-order valence-corrected chi connectivity index (χ4v) is 1.77. The van der Waals surface area contributed by atoms with Gasteiger partial charge in [-0.25, -0.2) is 0 Å². The SMILES string of the molecule is CCCCC(O)CCCOP(O)OCC. The summed E-state index contributed by atoms with van der Waals surface area (Å²) in [5, 5.41) is 9.50. The van der Waals surface area contributed by atoms with Crippen LogP contribution in [-0.4, -0.2) is 29.3 Å². The summed E-state index contributed by atoms with van der Waals surface area (Å²) in [6.45, 7) is 4.83. The van der Waals surface area contributed by atoms with E-state index in [9.17, 15) is 5.11 Å². The maximum absolute atomic E-state index is 9.50. The van der Waals surface area contributed by atoms with Crippen LogP contribution in [0.3, 0.4) is 0 Å². The zero-order valence-corrected chi connectivity index (χ0v) is 10.6. The molecule has 2 atom stereocenters. The molecule has 0 bridgehead atoms. The van der Waals surface area contributed by atoms with Crippen LogP contribution >= 0.6 is 8.60 Å². The van der Waals surface area contributed by atoms with Gasteiger partial charge in [-0.15, -0.1) is 0 Å². The smallest absolute Gasteiger partial charge is 0.329 e. The van der Waals surface area contributed by atoms with Gasteiger partial charge in [0.15, 0.2) is 0 Å². The van der Waals surface area contributed by atoms with Crippen molar-refractivity contribution in [2.75, 3.05) is 13.2 Å². The Balaban J connectivity index is 3.22. The molecule has 0 fully saturated rings. The van der Waals surface area contributed by atoms with Crippen molar-refractivity contribution in [1.82, 2.24) is 0 Å². The molecule has 0 aromatic rings. The van der Waals surface area contributed by atoms with Gasteiger partial charge >= 0.3 is 8.60 Å². The first kappa shape index (κ1) is 15.3. The molecule has 0 radical (unpaired) electrons. The number of hydrogen-bond acceptors (Lipinski definition) is 4. The largest absolute Gasteiger partial charge is 0.393 e. The average Bonchev–Trinajstić information content (AvgIpc) is 2.22. The van der Waals surface area contributed by atoms with Crippen LogP contribution < -0.4 is 0 Å². The molecule has 0 amide bonds. The van der Waals surface area contributed by atoms with Crippen molar-refractivity contribution in [3.8, 4) is 0 Å². The lowest BCUT2D eigenvalue weighted by Gasteiger charge is -2.11. The Morgan fingerprint density at radius 3 is 2.40 bits per heavy atom. The molecule has 0 aromatic carbocycles. The molecular formula is C10H23O4P. The quantitative estimate of drug-likeness (QED) is 0.453. The summed E-state index contributed by atoms with van der Waals surface area (Å²) in [7, 11) is -1.70. The second-order valence-electron chi connectivity index (χ2n) is 3.43. The molecule has 0 aromatic heterocycles. The van der Waals surface area contributed by atoms with Gasteiger partial charge in [-0.2, -0.15) is 0 Å². The molecule has 0 rings (SSSR count). The highest BCUT2D eigenvalue weighted by atomic mass is 31.2. The summed E-state index contributed by atoms with van der Waals surface area (Å²) in [6.07, 6.45) is 4.29. The highest BCUT2D eigenvalue weighted by Crippen LogP contribution is 2.32. The van der Waals surface area contributed by atoms with Gasteiger partial charge in [-0.05, 0) is 26.2 Å². The van der Waals surface area contributed by atoms with Gasteiger partial charge in [0, 0.05) is 0 Å². The van der Waals surface area contributed by atoms with Crippen molar-refractivity contribution in [3.63, 3.8) is 0 Å². The van der Waals surface area contributed by atoms with Gasteiger partial charge in [0.25, 0.3) is 0 Å². The van der Waals surface area contributed by atoms with Crippen LogP contribution in [-0.2, 0) is 9.05 Å². The van der Waals surface area contributed by atoms with E-state index in [1.54, 1.807) is 0 Å². The highest BCUT2D eigenvalue weighted by molar-refractivity contribution is 7.40. The minimum Gasteiger partial charge on any atom is -0.393 e. The van der Waals surface area contributed by atoms with Crippen molar-refractivity contribution in [3.05, 3.63) is 0 Å². The van der Waals surface area contributed by atoms with Crippen LogP contribution in [0.15, 0.2) is 0 Å². The van der Waals surface area contributed by atoms with E-state index in [1.807, 2.05) is 6.92 Å². The molecular weight excluding hydrogens is 215 g/mol. The fourth-order valence-electron chi connectivity index (χ4n) is 1.19. The Morgan fingerprint density at radius 2 is 1.80 bits per heavy atom. The minimum atomic E-state index is -1.70. The normalized spacial score (nSPS) is 15.2. The molecule has 5 heteroatoms. The summed E-state index contributed by atoms with van der Waals surface area (Å²) >= 11 is 0. The first-order valence-electron chi connectivity index (χ1n) is 5.63. The third-order valence-corrected chi connectivity index (χ3v) is 2.90. The van der Waals surface area contributed by atoms with Crippen molar-refractivity contribution in [1.29, 1.82) is 0 Å². The number of rotatable bonds is 10. The van der Waals surface area contributed by atoms with Gasteiger partial charge < -0.3 is 19.0 Å². The first-order chi connectivity index (χ1) is 7.20. The minimum absolute atomic E-state index is 0.231. The molecule has 0 saturated heterocycles. The molecule has 2 N–H and O–H groups in total. The molecule has 0 aliphatic rings. The van der Waals surface area contributed by atoms with Gasteiger partial charge in [0.05, 0.1) is 19.3 Å². The van der Waals surface area contributed by atoms with Crippen molar-refractivity contribution in [2.45, 2.75) is 52.1 Å². The highest BCUT2D eigenvalue weighted by Gasteiger charge is 2.06. The Hall–Kier alpha value is 0.270. The summed E-state index contributed by atoms with van der Waals surface area (Å²) in [4.78, 5) is 9.11. The summed E-state index contributed by atoms with van der Waals surface area (Å²) < 4.78 is 9.87. The van der Waals surface area contributed by atoms with Crippen LogP contribution in [0, 0.1) is 0 Å². The van der Waals surface area contributed by atoms with Crippen LogP contribution in [0.4, 0.5) is 0 Å². The standard InChI is InChI=1S/C10H23O4P/c1-3-5-7-10(11)8-6-9-14-15(12)13-4-2/h10-12H,3-9H2,1-2H3. The Kier molecular flexibility index (Phi) is 11.0. The van der Waals surface area contributed by atoms with Gasteiger partial charge in [0.1, 0.15) is 0 Å². The maximum atomic E-state index is 9.50. The number of hydrogen-bond donors (Lipinski definition) is 2. The van der Waals surface area contributed by atoms with Crippen molar-refractivity contribution in [2.24, 2.45) is 0 Å². The number of aliphatic hydroxyl groups is 1. The predicted molar refractivity (Wildman–Crippen MR) is 61.5 cm³/mol. The third kappa shape index (κ3) is 10.6. The van der Waals surface area contributed by atoms with Crippen molar-refractivity contribution < 1.29 is 19.0 Å². The fraction of sp³-hybridized carbons (Fsp3) is 1.00. The second kappa shape index (κ2) is 10.8. The lowest BCUT2D eigenvalue weighted by atomic mass is 10.1. The van der Waals surface area contributed by atoms with Crippen LogP contribution in [0.25, 0.3) is 0 Å². The molecule has 0 heterocycles. The summed E-state index contributed by atoms with van der Waals surface area (Å²) in [6, 6.07) is 0. The van der Waals surface area contributed by atoms with Gasteiger partial charge in [-0.3, -0.25) is 0 Å². The van der Waals surface area contributed by atoms with E-state index in [4.69, 9.17) is 13.9 Å². The molecule has 0 aliphatic carbocycles. The van der Waals surface area contributed by atoms with Crippen LogP contribution in [0.1, 0.15) is 46.0 Å². The lowest BCUT2D eigenvalue weighted by molar-refractivity contribution is 0.135. The second-order valence-corrected chi connectivity index (χ2v) is 4.42. The van der Waals surface area contributed by atoms with Crippen LogP contribution in [0.5, 0.6) is 0 Å². The van der Waals surface area contributed by atoms with Crippen molar-refractivity contribution >= 4 is 8.60 Å². The summed E-state index contributed by atoms with van der Waals surface area (Å²) in [5.41, 5.74) is 0. The molecule has 0 saturated carbocycles. The van der Waals surface area contributed by atoms with Gasteiger partial charge in [0.2, 0.25) is 0 Å². The van der Waals surface area contributed by atoms with E-state index in [1.165, 1.54) is 0 Å². The lowest BCUT2D eigenvalue weighted by Crippen LogP contribution is -2.07. The summed E-state index contributed by atoms with van der Waals surface area (Å²) in [5.74, 6) is 0. The molecule has 0 aliphatic heterocycles. The van der Waals surface area contributed by atoms with E-state index in [2.05, 4.69) is 6.92 Å². The predicted octanol–water partition coefficient (Wildman–Crippen LogP) is 2.59. The average molecular weight is 238 g/mol. The van der Waals surface area contributed by atoms with E-state index < -0.39 is 8.60 Å². The topological polar surface area (TPSA) is 58.9 Å².